The maximum atomic E-state index is 4.14. The summed E-state index contributed by atoms with van der Waals surface area (Å²) in [7, 11) is 0. The van der Waals surface area contributed by atoms with Crippen molar-refractivity contribution >= 4 is 0 Å². The van der Waals surface area contributed by atoms with E-state index in [0.29, 0.717) is 6.04 Å². The highest BCUT2D eigenvalue weighted by atomic mass is 15.0. The zero-order chi connectivity index (χ0) is 13.8. The topological polar surface area (TPSA) is 24.9 Å². The van der Waals surface area contributed by atoms with Gasteiger partial charge in [0.05, 0.1) is 6.04 Å². The van der Waals surface area contributed by atoms with Gasteiger partial charge in [0, 0.05) is 18.4 Å². The number of pyridine rings is 1. The summed E-state index contributed by atoms with van der Waals surface area (Å²) in [5.41, 5.74) is 2.63. The molecule has 0 radical (unpaired) electrons. The Hall–Kier alpha value is -1.67. The van der Waals surface area contributed by atoms with E-state index in [1.807, 2.05) is 12.4 Å². The number of hydrogen-bond donors (Lipinski definition) is 1. The summed E-state index contributed by atoms with van der Waals surface area (Å²) < 4.78 is 0. The minimum absolute atomic E-state index is 0.268. The van der Waals surface area contributed by atoms with Crippen LogP contribution in [-0.4, -0.2) is 11.0 Å². The summed E-state index contributed by atoms with van der Waals surface area (Å²) >= 11 is 0. The van der Waals surface area contributed by atoms with Gasteiger partial charge in [0.1, 0.15) is 0 Å². The average Bonchev–Trinajstić information content (AvgIpc) is 2.92. The van der Waals surface area contributed by atoms with E-state index < -0.39 is 0 Å². The number of aromatic nitrogens is 1. The number of rotatable bonds is 4. The quantitative estimate of drug-likeness (QED) is 0.906. The van der Waals surface area contributed by atoms with Crippen LogP contribution in [0.2, 0.25) is 0 Å². The molecule has 1 saturated carbocycles. The van der Waals surface area contributed by atoms with Crippen molar-refractivity contribution in [1.82, 2.24) is 10.3 Å². The van der Waals surface area contributed by atoms with Gasteiger partial charge in [-0.1, -0.05) is 43.7 Å². The second-order valence-electron chi connectivity index (χ2n) is 5.81. The van der Waals surface area contributed by atoms with E-state index in [4.69, 9.17) is 0 Å². The van der Waals surface area contributed by atoms with Crippen LogP contribution in [0.15, 0.2) is 54.9 Å². The molecule has 2 nitrogen and oxygen atoms in total. The van der Waals surface area contributed by atoms with Gasteiger partial charge < -0.3 is 5.32 Å². The molecule has 2 aromatic rings. The molecule has 1 N–H and O–H groups in total. The smallest absolute Gasteiger partial charge is 0.0580 e. The fraction of sp³-hybridized carbons (Fsp3) is 0.389. The molecule has 0 amide bonds. The molecule has 1 heterocycles. The molecule has 0 aliphatic heterocycles. The van der Waals surface area contributed by atoms with Gasteiger partial charge in [-0.25, -0.2) is 0 Å². The molecule has 1 aromatic heterocycles. The highest BCUT2D eigenvalue weighted by Crippen LogP contribution is 2.29. The summed E-state index contributed by atoms with van der Waals surface area (Å²) in [6.45, 7) is 2.36. The number of benzene rings is 1. The lowest BCUT2D eigenvalue weighted by molar-refractivity contribution is 0.399. The van der Waals surface area contributed by atoms with Crippen molar-refractivity contribution in [2.75, 3.05) is 0 Å². The predicted octanol–water partition coefficient (Wildman–Crippen LogP) is 3.95. The van der Waals surface area contributed by atoms with Gasteiger partial charge >= 0.3 is 0 Å². The highest BCUT2D eigenvalue weighted by Gasteiger charge is 2.26. The van der Waals surface area contributed by atoms with Gasteiger partial charge in [0.15, 0.2) is 0 Å². The zero-order valence-corrected chi connectivity index (χ0v) is 12.0. The van der Waals surface area contributed by atoms with Gasteiger partial charge in [0.25, 0.3) is 0 Å². The van der Waals surface area contributed by atoms with Crippen molar-refractivity contribution in [2.24, 2.45) is 5.92 Å². The third-order valence-corrected chi connectivity index (χ3v) is 4.41. The number of hydrogen-bond acceptors (Lipinski definition) is 2. The highest BCUT2D eigenvalue weighted by molar-refractivity contribution is 5.30. The van der Waals surface area contributed by atoms with Gasteiger partial charge in [-0.05, 0) is 42.0 Å². The van der Waals surface area contributed by atoms with Crippen LogP contribution in [0.4, 0.5) is 0 Å². The molecule has 104 valence electrons. The molecular formula is C18H22N2. The lowest BCUT2D eigenvalue weighted by Gasteiger charge is -2.26. The molecule has 0 saturated heterocycles. The Labute approximate surface area is 121 Å². The van der Waals surface area contributed by atoms with Crippen LogP contribution in [-0.2, 0) is 0 Å². The van der Waals surface area contributed by atoms with Crippen molar-refractivity contribution in [3.8, 4) is 0 Å². The van der Waals surface area contributed by atoms with Crippen LogP contribution in [0.3, 0.4) is 0 Å². The largest absolute Gasteiger partial charge is 0.303 e. The van der Waals surface area contributed by atoms with Gasteiger partial charge in [-0.3, -0.25) is 4.98 Å². The van der Waals surface area contributed by atoms with Crippen LogP contribution in [0, 0.1) is 5.92 Å². The van der Waals surface area contributed by atoms with Crippen molar-refractivity contribution < 1.29 is 0 Å². The maximum absolute atomic E-state index is 4.14. The Morgan fingerprint density at radius 1 is 1.00 bits per heavy atom. The lowest BCUT2D eigenvalue weighted by atomic mass is 9.96. The van der Waals surface area contributed by atoms with Gasteiger partial charge in [0.2, 0.25) is 0 Å². The summed E-state index contributed by atoms with van der Waals surface area (Å²) in [6.07, 6.45) is 7.73. The van der Waals surface area contributed by atoms with E-state index in [1.54, 1.807) is 0 Å². The molecule has 2 heteroatoms. The summed E-state index contributed by atoms with van der Waals surface area (Å²) in [6, 6.07) is 15.8. The molecule has 3 atom stereocenters. The molecule has 3 rings (SSSR count). The first-order chi connectivity index (χ1) is 9.84. The normalized spacial score (nSPS) is 23.6. The lowest BCUT2D eigenvalue weighted by Crippen LogP contribution is -2.35. The third kappa shape index (κ3) is 2.91. The standard InChI is InChI=1S/C18H22N2/c1-14-6-5-9-17(14)20-18(15-7-3-2-4-8-15)16-10-12-19-13-11-16/h2-4,7-8,10-14,17-18,20H,5-6,9H2,1H3. The third-order valence-electron chi connectivity index (χ3n) is 4.41. The number of nitrogens with one attached hydrogen (secondary N) is 1. The van der Waals surface area contributed by atoms with Crippen LogP contribution < -0.4 is 5.32 Å². The molecule has 0 spiro atoms. The summed E-state index contributed by atoms with van der Waals surface area (Å²) in [4.78, 5) is 4.14. The predicted molar refractivity (Wildman–Crippen MR) is 82.5 cm³/mol. The van der Waals surface area contributed by atoms with Crippen LogP contribution in [0.25, 0.3) is 0 Å². The van der Waals surface area contributed by atoms with E-state index in [2.05, 4.69) is 59.7 Å². The minimum atomic E-state index is 0.268. The Morgan fingerprint density at radius 2 is 1.70 bits per heavy atom. The molecule has 1 fully saturated rings. The van der Waals surface area contributed by atoms with Crippen molar-refractivity contribution in [1.29, 1.82) is 0 Å². The van der Waals surface area contributed by atoms with E-state index in [0.717, 1.165) is 5.92 Å². The van der Waals surface area contributed by atoms with Crippen LogP contribution >= 0.6 is 0 Å². The van der Waals surface area contributed by atoms with E-state index in [9.17, 15) is 0 Å². The van der Waals surface area contributed by atoms with Gasteiger partial charge in [-0.15, -0.1) is 0 Å². The molecular weight excluding hydrogens is 244 g/mol. The monoisotopic (exact) mass is 266 g/mol. The van der Waals surface area contributed by atoms with E-state index in [-0.39, 0.29) is 6.04 Å². The molecule has 1 aromatic carbocycles. The van der Waals surface area contributed by atoms with Crippen molar-refractivity contribution in [3.63, 3.8) is 0 Å². The Morgan fingerprint density at radius 3 is 2.35 bits per heavy atom. The van der Waals surface area contributed by atoms with Crippen LogP contribution in [0.1, 0.15) is 43.4 Å². The second-order valence-corrected chi connectivity index (χ2v) is 5.81. The fourth-order valence-corrected chi connectivity index (χ4v) is 3.19. The summed E-state index contributed by atoms with van der Waals surface area (Å²) in [5, 5.41) is 3.87. The first-order valence-electron chi connectivity index (χ1n) is 7.55. The number of nitrogens with zero attached hydrogens (tertiary/aromatic N) is 1. The Balaban J connectivity index is 1.88. The SMILES string of the molecule is CC1CCCC1NC(c1ccccc1)c1ccncc1. The minimum Gasteiger partial charge on any atom is -0.303 e. The van der Waals surface area contributed by atoms with Gasteiger partial charge in [-0.2, -0.15) is 0 Å². The molecule has 1 aliphatic carbocycles. The fourth-order valence-electron chi connectivity index (χ4n) is 3.19. The van der Waals surface area contributed by atoms with Crippen molar-refractivity contribution in [3.05, 3.63) is 66.0 Å². The zero-order valence-electron chi connectivity index (χ0n) is 12.0. The molecule has 3 unspecified atom stereocenters. The Kier molecular flexibility index (Phi) is 4.12. The maximum Gasteiger partial charge on any atom is 0.0580 e. The first kappa shape index (κ1) is 13.3. The van der Waals surface area contributed by atoms with Crippen molar-refractivity contribution in [2.45, 2.75) is 38.3 Å². The second kappa shape index (κ2) is 6.19. The molecule has 0 bridgehead atoms. The Bertz CT molecular complexity index is 484. The average molecular weight is 266 g/mol. The van der Waals surface area contributed by atoms with E-state index in [1.165, 1.54) is 30.4 Å². The first-order valence-corrected chi connectivity index (χ1v) is 7.55. The van der Waals surface area contributed by atoms with E-state index >= 15 is 0 Å². The summed E-state index contributed by atoms with van der Waals surface area (Å²) in [5.74, 6) is 0.767. The molecule has 20 heavy (non-hydrogen) atoms. The van der Waals surface area contributed by atoms with Crippen LogP contribution in [0.5, 0.6) is 0 Å². The molecule has 1 aliphatic rings.